The second kappa shape index (κ2) is 7.23. The summed E-state index contributed by atoms with van der Waals surface area (Å²) < 4.78 is 24.6. The lowest BCUT2D eigenvalue weighted by Gasteiger charge is -2.19. The molecule has 0 radical (unpaired) electrons. The van der Waals surface area contributed by atoms with Gasteiger partial charge in [0, 0.05) is 24.2 Å². The quantitative estimate of drug-likeness (QED) is 0.884. The third kappa shape index (κ3) is 4.27. The number of carbonyl (C=O) groups excluding carboxylic acids is 1. The first-order valence-electron chi connectivity index (χ1n) is 7.26. The Bertz CT molecular complexity index is 866. The van der Waals surface area contributed by atoms with Crippen LogP contribution in [0.4, 0.5) is 5.69 Å². The lowest BCUT2D eigenvalue weighted by atomic mass is 10.1. The van der Waals surface area contributed by atoms with Crippen molar-refractivity contribution in [1.29, 1.82) is 0 Å². The van der Waals surface area contributed by atoms with Crippen molar-refractivity contribution in [3.05, 3.63) is 64.2 Å². The molecule has 0 aliphatic rings. The van der Waals surface area contributed by atoms with Crippen molar-refractivity contribution >= 4 is 33.2 Å². The monoisotopic (exact) mass is 366 g/mol. The third-order valence-electron chi connectivity index (χ3n) is 3.71. The number of hydrogen-bond donors (Lipinski definition) is 1. The van der Waals surface area contributed by atoms with E-state index in [0.717, 1.165) is 21.7 Å². The summed E-state index contributed by atoms with van der Waals surface area (Å²) >= 11 is 6.07. The van der Waals surface area contributed by atoms with Crippen LogP contribution in [0.1, 0.15) is 21.5 Å². The lowest BCUT2D eigenvalue weighted by Crippen LogP contribution is -2.27. The van der Waals surface area contributed by atoms with E-state index in [4.69, 9.17) is 11.6 Å². The second-order valence-corrected chi connectivity index (χ2v) is 7.93. The first kappa shape index (κ1) is 18.3. The minimum Gasteiger partial charge on any atom is -0.348 e. The van der Waals surface area contributed by atoms with Crippen LogP contribution in [0.15, 0.2) is 42.5 Å². The molecule has 0 aliphatic heterocycles. The summed E-state index contributed by atoms with van der Waals surface area (Å²) in [6.45, 7) is 2.09. The van der Waals surface area contributed by atoms with Crippen LogP contribution in [0.5, 0.6) is 0 Å². The molecule has 0 saturated carbocycles. The van der Waals surface area contributed by atoms with E-state index >= 15 is 0 Å². The smallest absolute Gasteiger partial charge is 0.251 e. The highest BCUT2D eigenvalue weighted by Gasteiger charge is 2.16. The standard InChI is InChI=1S/C17H19ClN2O3S/c1-12-8-9-13(10-16(12)20(2)24(3,22)23)17(21)19-11-14-6-4-5-7-15(14)18/h4-10H,11H2,1-3H3,(H,19,21). The molecule has 0 spiro atoms. The fraction of sp³-hybridized carbons (Fsp3) is 0.235. The Morgan fingerprint density at radius 3 is 2.50 bits per heavy atom. The maximum absolute atomic E-state index is 12.3. The van der Waals surface area contributed by atoms with Gasteiger partial charge in [0.25, 0.3) is 5.91 Å². The highest BCUT2D eigenvalue weighted by atomic mass is 35.5. The van der Waals surface area contributed by atoms with Crippen molar-refractivity contribution in [2.45, 2.75) is 13.5 Å². The Morgan fingerprint density at radius 1 is 1.21 bits per heavy atom. The normalized spacial score (nSPS) is 11.2. The number of hydrogen-bond acceptors (Lipinski definition) is 3. The zero-order chi connectivity index (χ0) is 17.9. The Hall–Kier alpha value is -2.05. The van der Waals surface area contributed by atoms with Gasteiger partial charge in [-0.1, -0.05) is 35.9 Å². The molecule has 0 fully saturated rings. The molecule has 0 atom stereocenters. The number of halogens is 1. The van der Waals surface area contributed by atoms with Gasteiger partial charge in [-0.2, -0.15) is 0 Å². The van der Waals surface area contributed by atoms with Crippen molar-refractivity contribution in [3.8, 4) is 0 Å². The first-order chi connectivity index (χ1) is 11.2. The number of benzene rings is 2. The Kier molecular flexibility index (Phi) is 5.51. The average molecular weight is 367 g/mol. The van der Waals surface area contributed by atoms with E-state index < -0.39 is 10.0 Å². The first-order valence-corrected chi connectivity index (χ1v) is 9.49. The Balaban J connectivity index is 2.20. The van der Waals surface area contributed by atoms with Crippen LogP contribution in [0.3, 0.4) is 0 Å². The van der Waals surface area contributed by atoms with Gasteiger partial charge in [0.1, 0.15) is 0 Å². The summed E-state index contributed by atoms with van der Waals surface area (Å²) in [6, 6.07) is 12.2. The van der Waals surface area contributed by atoms with Gasteiger partial charge in [-0.25, -0.2) is 8.42 Å². The number of nitrogens with zero attached hydrogens (tertiary/aromatic N) is 1. The fourth-order valence-corrected chi connectivity index (χ4v) is 2.94. The summed E-state index contributed by atoms with van der Waals surface area (Å²) in [7, 11) is -1.94. The van der Waals surface area contributed by atoms with E-state index in [1.165, 1.54) is 7.05 Å². The molecule has 1 amide bonds. The van der Waals surface area contributed by atoms with Crippen LogP contribution in [-0.2, 0) is 16.6 Å². The van der Waals surface area contributed by atoms with E-state index in [-0.39, 0.29) is 5.91 Å². The van der Waals surface area contributed by atoms with Gasteiger partial charge in [0.15, 0.2) is 0 Å². The number of carbonyl (C=O) groups is 1. The fourth-order valence-electron chi connectivity index (χ4n) is 2.19. The van der Waals surface area contributed by atoms with Gasteiger partial charge in [0.05, 0.1) is 11.9 Å². The van der Waals surface area contributed by atoms with Gasteiger partial charge < -0.3 is 5.32 Å². The molecule has 2 rings (SSSR count). The third-order valence-corrected chi connectivity index (χ3v) is 5.27. The van der Waals surface area contributed by atoms with Crippen molar-refractivity contribution in [3.63, 3.8) is 0 Å². The molecule has 0 aliphatic carbocycles. The van der Waals surface area contributed by atoms with Crippen molar-refractivity contribution in [1.82, 2.24) is 5.32 Å². The molecular weight excluding hydrogens is 348 g/mol. The number of anilines is 1. The molecule has 1 N–H and O–H groups in total. The van der Waals surface area contributed by atoms with E-state index in [1.807, 2.05) is 18.2 Å². The molecule has 7 heteroatoms. The SMILES string of the molecule is Cc1ccc(C(=O)NCc2ccccc2Cl)cc1N(C)S(C)(=O)=O. The minimum atomic E-state index is -3.40. The summed E-state index contributed by atoms with van der Waals surface area (Å²) in [5.74, 6) is -0.293. The molecule has 0 aromatic heterocycles. The second-order valence-electron chi connectivity index (χ2n) is 5.51. The molecule has 24 heavy (non-hydrogen) atoms. The van der Waals surface area contributed by atoms with E-state index in [2.05, 4.69) is 5.32 Å². The molecule has 0 saturated heterocycles. The molecule has 5 nitrogen and oxygen atoms in total. The molecule has 0 unspecified atom stereocenters. The molecular formula is C17H19ClN2O3S. The van der Waals surface area contributed by atoms with E-state index in [9.17, 15) is 13.2 Å². The molecule has 128 valence electrons. The van der Waals surface area contributed by atoms with Crippen LogP contribution >= 0.6 is 11.6 Å². The number of sulfonamides is 1. The molecule has 0 bridgehead atoms. The number of amides is 1. The average Bonchev–Trinajstić information content (AvgIpc) is 2.52. The lowest BCUT2D eigenvalue weighted by molar-refractivity contribution is 0.0951. The van der Waals surface area contributed by atoms with Crippen molar-refractivity contribution in [2.24, 2.45) is 0 Å². The van der Waals surface area contributed by atoms with Crippen LogP contribution in [0, 0.1) is 6.92 Å². The van der Waals surface area contributed by atoms with Gasteiger partial charge in [-0.05, 0) is 36.2 Å². The minimum absolute atomic E-state index is 0.293. The van der Waals surface area contributed by atoms with Gasteiger partial charge in [-0.15, -0.1) is 0 Å². The number of rotatable bonds is 5. The molecule has 0 heterocycles. The topological polar surface area (TPSA) is 66.5 Å². The maximum atomic E-state index is 12.3. The predicted octanol–water partition coefficient (Wildman–Crippen LogP) is 2.97. The van der Waals surface area contributed by atoms with Crippen LogP contribution in [0.2, 0.25) is 5.02 Å². The number of nitrogens with one attached hydrogen (secondary N) is 1. The van der Waals surface area contributed by atoms with E-state index in [0.29, 0.717) is 22.8 Å². The summed E-state index contributed by atoms with van der Waals surface area (Å²) in [6.07, 6.45) is 1.12. The zero-order valence-corrected chi connectivity index (χ0v) is 15.3. The largest absolute Gasteiger partial charge is 0.348 e. The van der Waals surface area contributed by atoms with Gasteiger partial charge >= 0.3 is 0 Å². The highest BCUT2D eigenvalue weighted by molar-refractivity contribution is 7.92. The number of aryl methyl sites for hydroxylation is 1. The highest BCUT2D eigenvalue weighted by Crippen LogP contribution is 2.23. The van der Waals surface area contributed by atoms with Crippen LogP contribution < -0.4 is 9.62 Å². The van der Waals surface area contributed by atoms with Crippen LogP contribution in [-0.4, -0.2) is 27.6 Å². The van der Waals surface area contributed by atoms with Gasteiger partial charge in [0.2, 0.25) is 10.0 Å². The maximum Gasteiger partial charge on any atom is 0.251 e. The summed E-state index contributed by atoms with van der Waals surface area (Å²) in [5.41, 5.74) is 2.44. The Morgan fingerprint density at radius 2 is 1.88 bits per heavy atom. The molecule has 2 aromatic carbocycles. The zero-order valence-electron chi connectivity index (χ0n) is 13.7. The predicted molar refractivity (Wildman–Crippen MR) is 97.0 cm³/mol. The van der Waals surface area contributed by atoms with Crippen molar-refractivity contribution in [2.75, 3.05) is 17.6 Å². The molecule has 2 aromatic rings. The summed E-state index contributed by atoms with van der Waals surface area (Å²) in [5, 5.41) is 3.37. The van der Waals surface area contributed by atoms with Crippen LogP contribution in [0.25, 0.3) is 0 Å². The van der Waals surface area contributed by atoms with E-state index in [1.54, 1.807) is 31.2 Å². The van der Waals surface area contributed by atoms with Crippen molar-refractivity contribution < 1.29 is 13.2 Å². The summed E-state index contributed by atoms with van der Waals surface area (Å²) in [4.78, 5) is 12.3. The Labute approximate surface area is 147 Å². The van der Waals surface area contributed by atoms with Gasteiger partial charge in [-0.3, -0.25) is 9.10 Å².